The van der Waals surface area contributed by atoms with Crippen molar-refractivity contribution in [3.05, 3.63) is 34.7 Å². The van der Waals surface area contributed by atoms with Crippen molar-refractivity contribution in [3.63, 3.8) is 0 Å². The fourth-order valence-electron chi connectivity index (χ4n) is 2.13. The van der Waals surface area contributed by atoms with Crippen LogP contribution in [0.3, 0.4) is 0 Å². The second-order valence-corrected chi connectivity index (χ2v) is 5.49. The van der Waals surface area contributed by atoms with E-state index in [4.69, 9.17) is 0 Å². The highest BCUT2D eigenvalue weighted by molar-refractivity contribution is 7.09. The maximum atomic E-state index is 13.1. The summed E-state index contributed by atoms with van der Waals surface area (Å²) in [6, 6.07) is 1.47. The van der Waals surface area contributed by atoms with Gasteiger partial charge in [0.2, 0.25) is 0 Å². The van der Waals surface area contributed by atoms with Crippen molar-refractivity contribution in [3.8, 4) is 11.3 Å². The van der Waals surface area contributed by atoms with Crippen LogP contribution in [-0.4, -0.2) is 41.0 Å². The Bertz CT molecular complexity index is 551. The Kier molecular flexibility index (Phi) is 3.82. The first-order valence-corrected chi connectivity index (χ1v) is 7.17. The van der Waals surface area contributed by atoms with Crippen molar-refractivity contribution in [1.82, 2.24) is 20.2 Å². The number of halogens is 1. The molecule has 0 spiro atoms. The summed E-state index contributed by atoms with van der Waals surface area (Å²) in [5.41, 5.74) is 1.55. The van der Waals surface area contributed by atoms with Gasteiger partial charge in [0, 0.05) is 43.3 Å². The van der Waals surface area contributed by atoms with Gasteiger partial charge in [-0.2, -0.15) is 0 Å². The third kappa shape index (κ3) is 3.15. The highest BCUT2D eigenvalue weighted by Crippen LogP contribution is 2.22. The molecule has 3 heterocycles. The number of aromatic nitrogens is 2. The van der Waals surface area contributed by atoms with Crippen molar-refractivity contribution >= 4 is 11.3 Å². The zero-order valence-corrected chi connectivity index (χ0v) is 11.3. The molecule has 100 valence electrons. The van der Waals surface area contributed by atoms with Crippen LogP contribution in [-0.2, 0) is 6.54 Å². The summed E-state index contributed by atoms with van der Waals surface area (Å²) >= 11 is 1.62. The van der Waals surface area contributed by atoms with Crippen LogP contribution in [0.2, 0.25) is 0 Å². The fourth-order valence-corrected chi connectivity index (χ4v) is 2.97. The maximum absolute atomic E-state index is 13.1. The molecule has 1 fully saturated rings. The van der Waals surface area contributed by atoms with E-state index in [1.54, 1.807) is 17.5 Å². The number of pyridine rings is 1. The van der Waals surface area contributed by atoms with Crippen molar-refractivity contribution < 1.29 is 4.39 Å². The molecule has 0 bridgehead atoms. The molecule has 2 aromatic rings. The highest BCUT2D eigenvalue weighted by atomic mass is 32.1. The lowest BCUT2D eigenvalue weighted by molar-refractivity contribution is 0.233. The van der Waals surface area contributed by atoms with Crippen molar-refractivity contribution in [2.75, 3.05) is 26.2 Å². The molecule has 0 aromatic carbocycles. The van der Waals surface area contributed by atoms with Crippen molar-refractivity contribution in [2.45, 2.75) is 6.54 Å². The van der Waals surface area contributed by atoms with Crippen molar-refractivity contribution in [1.29, 1.82) is 0 Å². The van der Waals surface area contributed by atoms with E-state index < -0.39 is 0 Å². The molecule has 2 aromatic heterocycles. The molecule has 0 saturated carbocycles. The Morgan fingerprint density at radius 1 is 1.32 bits per heavy atom. The number of piperazine rings is 1. The Morgan fingerprint density at radius 2 is 2.16 bits per heavy atom. The molecule has 0 amide bonds. The SMILES string of the molecule is Fc1cncc(-c2csc(CN3CCNCC3)n2)c1. The lowest BCUT2D eigenvalue weighted by Crippen LogP contribution is -2.42. The van der Waals surface area contributed by atoms with Crippen LogP contribution in [0, 0.1) is 5.82 Å². The quantitative estimate of drug-likeness (QED) is 0.928. The first-order chi connectivity index (χ1) is 9.31. The minimum absolute atomic E-state index is 0.325. The fraction of sp³-hybridized carbons (Fsp3) is 0.385. The molecule has 19 heavy (non-hydrogen) atoms. The van der Waals surface area contributed by atoms with E-state index >= 15 is 0 Å². The number of hydrogen-bond donors (Lipinski definition) is 1. The largest absolute Gasteiger partial charge is 0.314 e. The van der Waals surface area contributed by atoms with Gasteiger partial charge in [-0.05, 0) is 6.07 Å². The standard InChI is InChI=1S/C13H15FN4S/c14-11-5-10(6-16-7-11)12-9-19-13(17-12)8-18-3-1-15-2-4-18/h5-7,9,15H,1-4,8H2. The molecule has 1 N–H and O–H groups in total. The van der Waals surface area contributed by atoms with Crippen molar-refractivity contribution in [2.24, 2.45) is 0 Å². The van der Waals surface area contributed by atoms with Gasteiger partial charge in [-0.1, -0.05) is 0 Å². The van der Waals surface area contributed by atoms with Gasteiger partial charge in [-0.3, -0.25) is 9.88 Å². The summed E-state index contributed by atoms with van der Waals surface area (Å²) in [5.74, 6) is -0.325. The molecule has 1 aliphatic rings. The van der Waals surface area contributed by atoms with Gasteiger partial charge in [0.1, 0.15) is 10.8 Å². The second kappa shape index (κ2) is 5.73. The average molecular weight is 278 g/mol. The molecule has 6 heteroatoms. The van der Waals surface area contributed by atoms with E-state index in [2.05, 4.69) is 20.2 Å². The molecule has 1 saturated heterocycles. The van der Waals surface area contributed by atoms with Crippen LogP contribution < -0.4 is 5.32 Å². The van der Waals surface area contributed by atoms with Crippen LogP contribution in [0.15, 0.2) is 23.8 Å². The topological polar surface area (TPSA) is 41.1 Å². The van der Waals surface area contributed by atoms with Gasteiger partial charge in [0.25, 0.3) is 0 Å². The third-order valence-electron chi connectivity index (χ3n) is 3.12. The minimum atomic E-state index is -0.325. The van der Waals surface area contributed by atoms with Crippen LogP contribution in [0.5, 0.6) is 0 Å². The molecule has 0 unspecified atom stereocenters. The molecule has 4 nitrogen and oxygen atoms in total. The summed E-state index contributed by atoms with van der Waals surface area (Å²) < 4.78 is 13.1. The summed E-state index contributed by atoms with van der Waals surface area (Å²) in [7, 11) is 0. The molecule has 0 atom stereocenters. The van der Waals surface area contributed by atoms with E-state index in [1.807, 2.05) is 5.38 Å². The monoisotopic (exact) mass is 278 g/mol. The summed E-state index contributed by atoms with van der Waals surface area (Å²) in [6.07, 6.45) is 2.85. The van der Waals surface area contributed by atoms with Gasteiger partial charge in [-0.15, -0.1) is 11.3 Å². The summed E-state index contributed by atoms with van der Waals surface area (Å²) in [4.78, 5) is 10.8. The van der Waals surface area contributed by atoms with Gasteiger partial charge >= 0.3 is 0 Å². The van der Waals surface area contributed by atoms with E-state index in [0.717, 1.165) is 49.0 Å². The number of rotatable bonds is 3. The van der Waals surface area contributed by atoms with Crippen LogP contribution >= 0.6 is 11.3 Å². The van der Waals surface area contributed by atoms with E-state index in [1.165, 1.54) is 12.3 Å². The smallest absolute Gasteiger partial charge is 0.142 e. The first kappa shape index (κ1) is 12.7. The third-order valence-corrected chi connectivity index (χ3v) is 3.95. The van der Waals surface area contributed by atoms with Gasteiger partial charge < -0.3 is 5.32 Å². The average Bonchev–Trinajstić information content (AvgIpc) is 2.88. The normalized spacial score (nSPS) is 16.7. The minimum Gasteiger partial charge on any atom is -0.314 e. The molecule has 3 rings (SSSR count). The second-order valence-electron chi connectivity index (χ2n) is 4.54. The van der Waals surface area contributed by atoms with Gasteiger partial charge in [0.05, 0.1) is 18.4 Å². The van der Waals surface area contributed by atoms with Gasteiger partial charge in [-0.25, -0.2) is 9.37 Å². The highest BCUT2D eigenvalue weighted by Gasteiger charge is 2.12. The Balaban J connectivity index is 1.72. The number of nitrogens with zero attached hydrogens (tertiary/aromatic N) is 3. The molecule has 0 radical (unpaired) electrons. The summed E-state index contributed by atoms with van der Waals surface area (Å²) in [5, 5.41) is 6.37. The number of nitrogens with one attached hydrogen (secondary N) is 1. The van der Waals surface area contributed by atoms with Crippen LogP contribution in [0.25, 0.3) is 11.3 Å². The Labute approximate surface area is 115 Å². The Hall–Kier alpha value is -1.37. The maximum Gasteiger partial charge on any atom is 0.142 e. The molecule has 1 aliphatic heterocycles. The predicted octanol–water partition coefficient (Wildman–Crippen LogP) is 1.75. The van der Waals surface area contributed by atoms with Crippen LogP contribution in [0.1, 0.15) is 5.01 Å². The van der Waals surface area contributed by atoms with E-state index in [0.29, 0.717) is 0 Å². The molecule has 0 aliphatic carbocycles. The zero-order valence-electron chi connectivity index (χ0n) is 10.5. The van der Waals surface area contributed by atoms with Gasteiger partial charge in [0.15, 0.2) is 0 Å². The lowest BCUT2D eigenvalue weighted by atomic mass is 10.2. The summed E-state index contributed by atoms with van der Waals surface area (Å²) in [6.45, 7) is 5.04. The first-order valence-electron chi connectivity index (χ1n) is 6.30. The van der Waals surface area contributed by atoms with Crippen LogP contribution in [0.4, 0.5) is 4.39 Å². The van der Waals surface area contributed by atoms with E-state index in [9.17, 15) is 4.39 Å². The number of hydrogen-bond acceptors (Lipinski definition) is 5. The molecular formula is C13H15FN4S. The number of thiazole rings is 1. The lowest BCUT2D eigenvalue weighted by Gasteiger charge is -2.26. The molecular weight excluding hydrogens is 263 g/mol. The predicted molar refractivity (Wildman–Crippen MR) is 73.4 cm³/mol. The Morgan fingerprint density at radius 3 is 2.95 bits per heavy atom. The van der Waals surface area contributed by atoms with E-state index in [-0.39, 0.29) is 5.82 Å². The zero-order chi connectivity index (χ0) is 13.1.